The predicted octanol–water partition coefficient (Wildman–Crippen LogP) is 3.21. The van der Waals surface area contributed by atoms with E-state index >= 15 is 0 Å². The van der Waals surface area contributed by atoms with Gasteiger partial charge in [0.1, 0.15) is 5.75 Å². The molecule has 0 saturated carbocycles. The van der Waals surface area contributed by atoms with E-state index in [0.29, 0.717) is 17.9 Å². The van der Waals surface area contributed by atoms with Crippen LogP contribution in [0.3, 0.4) is 0 Å². The van der Waals surface area contributed by atoms with Crippen LogP contribution in [0, 0.1) is 0 Å². The summed E-state index contributed by atoms with van der Waals surface area (Å²) in [5.41, 5.74) is 4.05. The number of H-pyrrole nitrogens is 1. The van der Waals surface area contributed by atoms with Gasteiger partial charge < -0.3 is 15.0 Å². The average molecular weight is 348 g/mol. The molecular formula is C20H20N4O2. The number of ether oxygens (including phenoxy) is 1. The standard InChI is InChI=1S/C20H20N4O2/c1-12(2)26-18-6-4-3-5-13(18)19-21-9-8-16(24-19)17-11-14-15(23-17)7-10-22-20(14)25/h3-6,8-9,11-12,23H,7,10H2,1-2H3,(H,22,25). The topological polar surface area (TPSA) is 79.9 Å². The molecule has 2 N–H and O–H groups in total. The van der Waals surface area contributed by atoms with Crippen molar-refractivity contribution < 1.29 is 9.53 Å². The zero-order valence-electron chi connectivity index (χ0n) is 14.7. The molecule has 6 heteroatoms. The first-order valence-corrected chi connectivity index (χ1v) is 8.71. The first-order chi connectivity index (χ1) is 12.6. The van der Waals surface area contributed by atoms with Crippen LogP contribution in [0.15, 0.2) is 42.6 Å². The normalized spacial score (nSPS) is 13.4. The minimum atomic E-state index is -0.0429. The summed E-state index contributed by atoms with van der Waals surface area (Å²) < 4.78 is 5.88. The van der Waals surface area contributed by atoms with Gasteiger partial charge in [0, 0.05) is 24.9 Å². The molecule has 0 aliphatic carbocycles. The number of aromatic nitrogens is 3. The Morgan fingerprint density at radius 2 is 2.00 bits per heavy atom. The number of aromatic amines is 1. The fourth-order valence-electron chi connectivity index (χ4n) is 3.08. The van der Waals surface area contributed by atoms with Crippen LogP contribution in [0.1, 0.15) is 29.9 Å². The maximum absolute atomic E-state index is 12.0. The van der Waals surface area contributed by atoms with Gasteiger partial charge in [0.2, 0.25) is 0 Å². The van der Waals surface area contributed by atoms with Crippen molar-refractivity contribution in [2.75, 3.05) is 6.54 Å². The fourth-order valence-corrected chi connectivity index (χ4v) is 3.08. The van der Waals surface area contributed by atoms with Gasteiger partial charge in [-0.25, -0.2) is 9.97 Å². The summed E-state index contributed by atoms with van der Waals surface area (Å²) in [6.07, 6.45) is 2.58. The summed E-state index contributed by atoms with van der Waals surface area (Å²) in [5.74, 6) is 1.30. The quantitative estimate of drug-likeness (QED) is 0.759. The smallest absolute Gasteiger partial charge is 0.253 e. The first-order valence-electron chi connectivity index (χ1n) is 8.71. The molecule has 0 radical (unpaired) electrons. The van der Waals surface area contributed by atoms with Crippen LogP contribution in [0.2, 0.25) is 0 Å². The van der Waals surface area contributed by atoms with Crippen LogP contribution in [0.25, 0.3) is 22.8 Å². The second-order valence-electron chi connectivity index (χ2n) is 6.51. The Morgan fingerprint density at radius 1 is 1.15 bits per heavy atom. The highest BCUT2D eigenvalue weighted by molar-refractivity contribution is 5.97. The molecule has 1 aliphatic heterocycles. The molecule has 2 aromatic heterocycles. The van der Waals surface area contributed by atoms with Gasteiger partial charge >= 0.3 is 0 Å². The zero-order chi connectivity index (χ0) is 18.1. The summed E-state index contributed by atoms with van der Waals surface area (Å²) in [5, 5.41) is 2.86. The maximum atomic E-state index is 12.0. The van der Waals surface area contributed by atoms with Gasteiger partial charge in [-0.3, -0.25) is 4.79 Å². The van der Waals surface area contributed by atoms with E-state index in [1.165, 1.54) is 0 Å². The molecule has 0 spiro atoms. The van der Waals surface area contributed by atoms with Crippen molar-refractivity contribution in [2.24, 2.45) is 0 Å². The van der Waals surface area contributed by atoms with Gasteiger partial charge in [0.15, 0.2) is 5.82 Å². The summed E-state index contributed by atoms with van der Waals surface area (Å²) in [4.78, 5) is 24.4. The molecule has 0 fully saturated rings. The molecule has 0 bridgehead atoms. The van der Waals surface area contributed by atoms with Crippen molar-refractivity contribution in [1.82, 2.24) is 20.3 Å². The van der Waals surface area contributed by atoms with Gasteiger partial charge in [-0.05, 0) is 38.1 Å². The fraction of sp³-hybridized carbons (Fsp3) is 0.250. The second-order valence-corrected chi connectivity index (χ2v) is 6.51. The number of carbonyl (C=O) groups is 1. The molecule has 26 heavy (non-hydrogen) atoms. The van der Waals surface area contributed by atoms with Crippen molar-refractivity contribution in [3.05, 3.63) is 53.9 Å². The third-order valence-corrected chi connectivity index (χ3v) is 4.23. The Bertz CT molecular complexity index is 962. The van der Waals surface area contributed by atoms with Crippen LogP contribution in [0.4, 0.5) is 0 Å². The van der Waals surface area contributed by atoms with Crippen molar-refractivity contribution in [3.8, 4) is 28.5 Å². The first kappa shape index (κ1) is 16.3. The molecule has 132 valence electrons. The average Bonchev–Trinajstić information content (AvgIpc) is 3.08. The van der Waals surface area contributed by atoms with Gasteiger partial charge in [-0.15, -0.1) is 0 Å². The molecule has 3 heterocycles. The SMILES string of the molecule is CC(C)Oc1ccccc1-c1nccc(-c2cc3c([nH]2)CCNC3=O)n1. The van der Waals surface area contributed by atoms with Crippen molar-refractivity contribution >= 4 is 5.91 Å². The Balaban J connectivity index is 1.74. The van der Waals surface area contributed by atoms with Gasteiger partial charge in [0.05, 0.1) is 28.6 Å². The molecule has 1 aromatic carbocycles. The summed E-state index contributed by atoms with van der Waals surface area (Å²) in [7, 11) is 0. The van der Waals surface area contributed by atoms with E-state index in [1.807, 2.05) is 50.2 Å². The number of fused-ring (bicyclic) bond motifs is 1. The minimum absolute atomic E-state index is 0.0429. The lowest BCUT2D eigenvalue weighted by Crippen LogP contribution is -2.31. The lowest BCUT2D eigenvalue weighted by Gasteiger charge is -2.13. The molecule has 0 saturated heterocycles. The third-order valence-electron chi connectivity index (χ3n) is 4.23. The number of rotatable bonds is 4. The number of amides is 1. The van der Waals surface area contributed by atoms with Crippen LogP contribution in [-0.2, 0) is 6.42 Å². The van der Waals surface area contributed by atoms with E-state index in [4.69, 9.17) is 9.72 Å². The lowest BCUT2D eigenvalue weighted by atomic mass is 10.1. The summed E-state index contributed by atoms with van der Waals surface area (Å²) in [6.45, 7) is 4.63. The van der Waals surface area contributed by atoms with Gasteiger partial charge in [-0.2, -0.15) is 0 Å². The Kier molecular flexibility index (Phi) is 4.16. The van der Waals surface area contributed by atoms with Crippen molar-refractivity contribution in [2.45, 2.75) is 26.4 Å². The van der Waals surface area contributed by atoms with E-state index in [-0.39, 0.29) is 12.0 Å². The molecule has 4 rings (SSSR count). The van der Waals surface area contributed by atoms with Crippen molar-refractivity contribution in [1.29, 1.82) is 0 Å². The number of para-hydroxylation sites is 1. The third kappa shape index (κ3) is 3.06. The van der Waals surface area contributed by atoms with Crippen LogP contribution < -0.4 is 10.1 Å². The highest BCUT2D eigenvalue weighted by Gasteiger charge is 2.20. The molecule has 3 aromatic rings. The zero-order valence-corrected chi connectivity index (χ0v) is 14.7. The molecule has 0 atom stereocenters. The summed E-state index contributed by atoms with van der Waals surface area (Å²) in [6, 6.07) is 11.4. The molecular weight excluding hydrogens is 328 g/mol. The predicted molar refractivity (Wildman–Crippen MR) is 99.1 cm³/mol. The minimum Gasteiger partial charge on any atom is -0.490 e. The number of carbonyl (C=O) groups excluding carboxylic acids is 1. The maximum Gasteiger partial charge on any atom is 0.253 e. The molecule has 1 amide bonds. The lowest BCUT2D eigenvalue weighted by molar-refractivity contribution is 0.0946. The number of benzene rings is 1. The monoisotopic (exact) mass is 348 g/mol. The highest BCUT2D eigenvalue weighted by atomic mass is 16.5. The number of hydrogen-bond acceptors (Lipinski definition) is 4. The van der Waals surface area contributed by atoms with E-state index in [0.717, 1.165) is 34.8 Å². The van der Waals surface area contributed by atoms with Gasteiger partial charge in [-0.1, -0.05) is 12.1 Å². The number of hydrogen-bond donors (Lipinski definition) is 2. The van der Waals surface area contributed by atoms with E-state index < -0.39 is 0 Å². The Labute approximate surface area is 151 Å². The van der Waals surface area contributed by atoms with E-state index in [2.05, 4.69) is 15.3 Å². The van der Waals surface area contributed by atoms with Crippen LogP contribution in [0.5, 0.6) is 5.75 Å². The summed E-state index contributed by atoms with van der Waals surface area (Å²) >= 11 is 0. The Hall–Kier alpha value is -3.15. The van der Waals surface area contributed by atoms with Crippen LogP contribution in [-0.4, -0.2) is 33.5 Å². The van der Waals surface area contributed by atoms with Crippen molar-refractivity contribution in [3.63, 3.8) is 0 Å². The number of nitrogens with zero attached hydrogens (tertiary/aromatic N) is 2. The van der Waals surface area contributed by atoms with E-state index in [1.54, 1.807) is 6.20 Å². The second kappa shape index (κ2) is 6.63. The van der Waals surface area contributed by atoms with Gasteiger partial charge in [0.25, 0.3) is 5.91 Å². The number of nitrogens with one attached hydrogen (secondary N) is 2. The molecule has 6 nitrogen and oxygen atoms in total. The molecule has 0 unspecified atom stereocenters. The largest absolute Gasteiger partial charge is 0.490 e. The highest BCUT2D eigenvalue weighted by Crippen LogP contribution is 2.30. The van der Waals surface area contributed by atoms with Crippen LogP contribution >= 0.6 is 0 Å². The Morgan fingerprint density at radius 3 is 2.81 bits per heavy atom. The van der Waals surface area contributed by atoms with E-state index in [9.17, 15) is 4.79 Å². The molecule has 1 aliphatic rings.